The number of hydrogen-bond acceptors (Lipinski definition) is 12. The molecule has 0 bridgehead atoms. The zero-order valence-corrected chi connectivity index (χ0v) is 61.5. The van der Waals surface area contributed by atoms with Crippen LogP contribution in [0.4, 0.5) is 22.7 Å². The van der Waals surface area contributed by atoms with E-state index in [9.17, 15) is 39.6 Å². The van der Waals surface area contributed by atoms with Gasteiger partial charge in [-0.25, -0.2) is 19.2 Å². The van der Waals surface area contributed by atoms with Gasteiger partial charge in [0.05, 0.1) is 22.3 Å². The maximum absolute atomic E-state index is 10.8. The molecule has 0 heterocycles. The first-order chi connectivity index (χ1) is 35.7. The normalized spacial score (nSPS) is 8.00. The first-order valence-electron chi connectivity index (χ1n) is 25.3. The molecule has 22 heteroatoms. The summed E-state index contributed by atoms with van der Waals surface area (Å²) in [6.45, 7) is 45.8. The van der Waals surface area contributed by atoms with Crippen LogP contribution in [0.25, 0.3) is 0 Å². The number of nitrogens with two attached hydrogens (primary N) is 4. The molecule has 0 atom stereocenters. The maximum atomic E-state index is 10.8. The van der Waals surface area contributed by atoms with E-state index < -0.39 is 46.9 Å². The molecule has 0 saturated heterocycles. The van der Waals surface area contributed by atoms with Gasteiger partial charge in [-0.15, -0.1) is 0 Å². The van der Waals surface area contributed by atoms with Gasteiger partial charge in [-0.05, 0) is 72.8 Å². The third kappa shape index (κ3) is 82.7. The Hall–Kier alpha value is -3.73. The number of aromatic carboxylic acids is 4. The third-order valence-corrected chi connectivity index (χ3v) is 7.77. The summed E-state index contributed by atoms with van der Waals surface area (Å²) in [7, 11) is 0. The third-order valence-electron chi connectivity index (χ3n) is 7.77. The molecular weight excluding hydrogens is 1480 g/mol. The fourth-order valence-electron chi connectivity index (χ4n) is 2.86. The second-order valence-corrected chi connectivity index (χ2v) is 15.1. The molecular formula is C60H96N4O14Sn4. The van der Waals surface area contributed by atoms with E-state index >= 15 is 0 Å². The molecule has 4 rings (SSSR count). The van der Waals surface area contributed by atoms with E-state index in [-0.39, 0.29) is 152 Å². The van der Waals surface area contributed by atoms with Gasteiger partial charge in [0.25, 0.3) is 0 Å². The predicted molar refractivity (Wildman–Crippen MR) is 336 cm³/mol. The van der Waals surface area contributed by atoms with Crippen molar-refractivity contribution < 1.29 is 71.0 Å². The molecule has 4 aromatic carbocycles. The van der Waals surface area contributed by atoms with Crippen molar-refractivity contribution in [1.29, 1.82) is 0 Å². The average Bonchev–Trinajstić information content (AvgIpc) is 3.39. The van der Waals surface area contributed by atoms with Gasteiger partial charge in [-0.3, -0.25) is 0 Å². The number of nitrogen functional groups attached to an aromatic ring is 4. The average molecular weight is 1570 g/mol. The molecule has 0 aromatic heterocycles. The molecule has 0 aliphatic rings. The van der Waals surface area contributed by atoms with Gasteiger partial charge < -0.3 is 130 Å². The van der Waals surface area contributed by atoms with Crippen LogP contribution in [0.1, 0.15) is 200 Å². The Bertz CT molecular complexity index is 1680. The molecule has 0 radical (unpaired) electrons. The SMILES string of the molecule is Nc1ccc(C(=O)O)c([O-])c1.Nc1ccc(C(=O)O)c([O-])c1.Nc1ccc(C(=O)O)c([O-])c1.Nc1ccc(C(=O)O)c([O-])c1.[CH2-]CCC.[CH2-]CCC.[CH2-]CCC.[CH2-]CCC.[CH2-]CCC.[CH2-]CCC.[CH2-]CCC.[CH2-]CCC.[O-2].[O-2].[Sn+4].[Sn+4].[Sn+4].[Sn+4]. The minimum atomic E-state index is -1.23. The Balaban J connectivity index is -0.0000000526. The topological polar surface area (TPSA) is 403 Å². The summed E-state index contributed by atoms with van der Waals surface area (Å²) in [6, 6.07) is 14.6. The van der Waals surface area contributed by atoms with Crippen LogP contribution in [0.5, 0.6) is 23.0 Å². The molecule has 0 aliphatic carbocycles. The zero-order valence-electron chi connectivity index (χ0n) is 50.1. The number of hydrogen-bond donors (Lipinski definition) is 8. The van der Waals surface area contributed by atoms with Crippen molar-refractivity contribution in [1.82, 2.24) is 0 Å². The van der Waals surface area contributed by atoms with Crippen molar-refractivity contribution >= 4 is 142 Å². The Labute approximate surface area is 562 Å². The van der Waals surface area contributed by atoms with E-state index in [1.807, 2.05) is 0 Å². The number of carbonyl (C=O) groups is 4. The van der Waals surface area contributed by atoms with Gasteiger partial charge in [0.2, 0.25) is 0 Å². The largest absolute Gasteiger partial charge is 4.00 e. The van der Waals surface area contributed by atoms with Crippen molar-refractivity contribution in [2.75, 3.05) is 22.9 Å². The number of carboxylic acids is 4. The second-order valence-electron chi connectivity index (χ2n) is 15.1. The summed E-state index contributed by atoms with van der Waals surface area (Å²) in [5.41, 5.74) is 21.0. The molecule has 0 amide bonds. The first-order valence-corrected chi connectivity index (χ1v) is 25.3. The molecule has 12 N–H and O–H groups in total. The van der Waals surface area contributed by atoms with Gasteiger partial charge in [0.1, 0.15) is 0 Å². The van der Waals surface area contributed by atoms with Gasteiger partial charge in [-0.2, -0.15) is 51.4 Å². The van der Waals surface area contributed by atoms with E-state index in [1.165, 1.54) is 99.9 Å². The van der Waals surface area contributed by atoms with Crippen LogP contribution in [0.3, 0.4) is 0 Å². The first kappa shape index (κ1) is 113. The van der Waals surface area contributed by atoms with E-state index in [1.54, 1.807) is 0 Å². The number of rotatable bonds is 12. The fourth-order valence-corrected chi connectivity index (χ4v) is 2.86. The molecule has 0 fully saturated rings. The molecule has 0 saturated carbocycles. The van der Waals surface area contributed by atoms with Crippen molar-refractivity contribution in [3.63, 3.8) is 0 Å². The van der Waals surface area contributed by atoms with Crippen molar-refractivity contribution in [2.45, 2.75) is 158 Å². The van der Waals surface area contributed by atoms with Gasteiger partial charge in [0.15, 0.2) is 0 Å². The van der Waals surface area contributed by atoms with E-state index in [0.717, 1.165) is 75.6 Å². The standard InChI is InChI=1S/4C7H7NO3.8C4H9.2O.4Sn/c4*8-4-1-2-5(7(10)11)6(9)3-4;8*1-3-4-2;;;;;;/h4*1-3,9H,8H2,(H,10,11);8*1,3-4H2,2H3;;;;;;/q;;;;8*-1;2*-2;4*+4/p-4. The Morgan fingerprint density at radius 2 is 0.415 bits per heavy atom. The van der Waals surface area contributed by atoms with Crippen LogP contribution < -0.4 is 43.4 Å². The smallest absolute Gasteiger partial charge is 2.00 e. The van der Waals surface area contributed by atoms with E-state index in [4.69, 9.17) is 43.4 Å². The van der Waals surface area contributed by atoms with Crippen molar-refractivity contribution in [3.05, 3.63) is 150 Å². The summed E-state index contributed by atoms with van der Waals surface area (Å²) in [4.78, 5) is 41.2. The minimum absolute atomic E-state index is 0. The van der Waals surface area contributed by atoms with E-state index in [2.05, 4.69) is 111 Å². The Kier molecular flexibility index (Phi) is 119. The van der Waals surface area contributed by atoms with E-state index in [0.29, 0.717) is 0 Å². The quantitative estimate of drug-likeness (QED) is 0.0371. The van der Waals surface area contributed by atoms with Gasteiger partial charge in [0, 0.05) is 22.7 Å². The van der Waals surface area contributed by atoms with Crippen LogP contribution in [0, 0.1) is 55.4 Å². The van der Waals surface area contributed by atoms with Crippen LogP contribution in [0.15, 0.2) is 72.8 Å². The number of anilines is 4. The summed E-state index contributed by atoms with van der Waals surface area (Å²) >= 11 is 0. The molecule has 0 spiro atoms. The fraction of sp³-hybridized carbons (Fsp3) is 0.400. The molecule has 0 aliphatic heterocycles. The summed E-state index contributed by atoms with van der Waals surface area (Å²) in [5.74, 6) is -7.14. The summed E-state index contributed by atoms with van der Waals surface area (Å²) in [6.07, 6.45) is 18.2. The van der Waals surface area contributed by atoms with Crippen molar-refractivity contribution in [3.8, 4) is 23.0 Å². The van der Waals surface area contributed by atoms with Crippen molar-refractivity contribution in [2.24, 2.45) is 0 Å². The zero-order chi connectivity index (χ0) is 61.0. The number of carboxylic acid groups (broad SMARTS) is 4. The summed E-state index contributed by atoms with van der Waals surface area (Å²) < 4.78 is 0. The van der Waals surface area contributed by atoms with Crippen LogP contribution >= 0.6 is 0 Å². The van der Waals surface area contributed by atoms with Crippen LogP contribution in [-0.4, -0.2) is 140 Å². The number of unbranched alkanes of at least 4 members (excludes halogenated alkanes) is 8. The molecule has 0 unspecified atom stereocenters. The second kappa shape index (κ2) is 86.1. The number of benzene rings is 4. The molecule has 4 aromatic rings. The summed E-state index contributed by atoms with van der Waals surface area (Å²) in [5, 5.41) is 76.9. The maximum Gasteiger partial charge on any atom is 4.00 e. The predicted octanol–water partition coefficient (Wildman–Crippen LogP) is 11.4. The Morgan fingerprint density at radius 1 is 0.317 bits per heavy atom. The van der Waals surface area contributed by atoms with Crippen LogP contribution in [0.2, 0.25) is 0 Å². The minimum Gasteiger partial charge on any atom is -2.00 e. The Morgan fingerprint density at radius 3 is 0.476 bits per heavy atom. The van der Waals surface area contributed by atoms with Crippen LogP contribution in [-0.2, 0) is 11.0 Å². The van der Waals surface area contributed by atoms with Gasteiger partial charge >= 0.3 is 120 Å². The molecule has 82 heavy (non-hydrogen) atoms. The molecule has 456 valence electrons. The monoisotopic (exact) mass is 1580 g/mol. The van der Waals surface area contributed by atoms with Gasteiger partial charge in [-0.1, -0.05) is 130 Å². The molecule has 18 nitrogen and oxygen atoms in total.